The monoisotopic (exact) mass is 270 g/mol. The van der Waals surface area contributed by atoms with Gasteiger partial charge in [0.15, 0.2) is 0 Å². The summed E-state index contributed by atoms with van der Waals surface area (Å²) in [6, 6.07) is -0.181. The number of carbonyl (C=O) groups excluding carboxylic acids is 1. The van der Waals surface area contributed by atoms with Crippen LogP contribution < -0.4 is 5.32 Å². The highest BCUT2D eigenvalue weighted by Gasteiger charge is 2.41. The van der Waals surface area contributed by atoms with E-state index in [1.165, 1.54) is 0 Å². The number of carbonyl (C=O) groups is 2. The molecule has 6 nitrogen and oxygen atoms in total. The van der Waals surface area contributed by atoms with E-state index >= 15 is 0 Å². The fourth-order valence-electron chi connectivity index (χ4n) is 2.94. The summed E-state index contributed by atoms with van der Waals surface area (Å²) in [6.45, 7) is 1.35. The van der Waals surface area contributed by atoms with Crippen LogP contribution in [-0.2, 0) is 4.79 Å². The van der Waals surface area contributed by atoms with E-state index in [1.807, 2.05) is 0 Å². The average Bonchev–Trinajstić information content (AvgIpc) is 2.35. The number of carboxylic acid groups (broad SMARTS) is 1. The van der Waals surface area contributed by atoms with E-state index in [4.69, 9.17) is 10.2 Å². The van der Waals surface area contributed by atoms with Crippen LogP contribution in [-0.4, -0.2) is 52.3 Å². The van der Waals surface area contributed by atoms with Crippen LogP contribution in [0.15, 0.2) is 0 Å². The van der Waals surface area contributed by atoms with Crippen molar-refractivity contribution in [2.24, 2.45) is 5.92 Å². The van der Waals surface area contributed by atoms with Crippen molar-refractivity contribution < 1.29 is 19.8 Å². The molecular formula is C13H22N2O4. The first-order valence-electron chi connectivity index (χ1n) is 6.94. The molecule has 1 atom stereocenters. The summed E-state index contributed by atoms with van der Waals surface area (Å²) in [4.78, 5) is 24.8. The molecule has 3 N–H and O–H groups in total. The lowest BCUT2D eigenvalue weighted by molar-refractivity contribution is -0.139. The third-order valence-corrected chi connectivity index (χ3v) is 4.24. The molecule has 2 fully saturated rings. The fraction of sp³-hybridized carbons (Fsp3) is 0.846. The quantitative estimate of drug-likeness (QED) is 0.704. The molecule has 0 spiro atoms. The number of nitrogens with one attached hydrogen (secondary N) is 1. The van der Waals surface area contributed by atoms with Gasteiger partial charge in [0, 0.05) is 19.7 Å². The van der Waals surface area contributed by atoms with Crippen molar-refractivity contribution >= 4 is 12.0 Å². The molecule has 1 aliphatic heterocycles. The van der Waals surface area contributed by atoms with Gasteiger partial charge in [-0.15, -0.1) is 0 Å². The molecule has 0 aromatic carbocycles. The first-order valence-corrected chi connectivity index (χ1v) is 6.94. The molecule has 6 heteroatoms. The van der Waals surface area contributed by atoms with E-state index in [0.29, 0.717) is 13.1 Å². The second-order valence-electron chi connectivity index (χ2n) is 5.77. The summed E-state index contributed by atoms with van der Waals surface area (Å²) in [5.41, 5.74) is -0.547. The second-order valence-corrected chi connectivity index (χ2v) is 5.77. The van der Waals surface area contributed by atoms with Crippen molar-refractivity contribution in [1.29, 1.82) is 0 Å². The largest absolute Gasteiger partial charge is 0.481 e. The molecule has 19 heavy (non-hydrogen) atoms. The number of carboxylic acids is 1. The maximum Gasteiger partial charge on any atom is 0.317 e. The number of aliphatic hydroxyl groups excluding tert-OH is 1. The molecular weight excluding hydrogens is 248 g/mol. The fourth-order valence-corrected chi connectivity index (χ4v) is 2.94. The normalized spacial score (nSPS) is 25.5. The van der Waals surface area contributed by atoms with E-state index in [-0.39, 0.29) is 25.0 Å². The van der Waals surface area contributed by atoms with Gasteiger partial charge < -0.3 is 20.4 Å². The summed E-state index contributed by atoms with van der Waals surface area (Å²) < 4.78 is 0. The van der Waals surface area contributed by atoms with Crippen LogP contribution in [0.3, 0.4) is 0 Å². The van der Waals surface area contributed by atoms with Crippen LogP contribution in [0.5, 0.6) is 0 Å². The van der Waals surface area contributed by atoms with Crippen molar-refractivity contribution in [3.8, 4) is 0 Å². The minimum atomic E-state index is -0.869. The smallest absolute Gasteiger partial charge is 0.317 e. The minimum absolute atomic E-state index is 0.00396. The Bertz CT molecular complexity index is 355. The Hall–Kier alpha value is -1.30. The van der Waals surface area contributed by atoms with Crippen LogP contribution in [0, 0.1) is 5.92 Å². The summed E-state index contributed by atoms with van der Waals surface area (Å²) in [6.07, 6.45) is 4.28. The predicted octanol–water partition coefficient (Wildman–Crippen LogP) is 0.798. The topological polar surface area (TPSA) is 89.9 Å². The molecule has 2 aliphatic rings. The van der Waals surface area contributed by atoms with Gasteiger partial charge in [-0.3, -0.25) is 4.79 Å². The number of likely N-dealkylation sites (tertiary alicyclic amines) is 1. The number of piperidine rings is 1. The zero-order valence-electron chi connectivity index (χ0n) is 11.1. The third-order valence-electron chi connectivity index (χ3n) is 4.24. The van der Waals surface area contributed by atoms with Gasteiger partial charge in [-0.05, 0) is 38.0 Å². The van der Waals surface area contributed by atoms with Gasteiger partial charge in [-0.1, -0.05) is 0 Å². The molecule has 2 rings (SSSR count). The van der Waals surface area contributed by atoms with E-state index in [1.54, 1.807) is 4.90 Å². The SMILES string of the molecule is O=C(O)CC1(NC(=O)N2CCCC(CO)C2)CCC1. The summed E-state index contributed by atoms with van der Waals surface area (Å²) in [5, 5.41) is 21.0. The minimum Gasteiger partial charge on any atom is -0.481 e. The van der Waals surface area contributed by atoms with E-state index in [0.717, 1.165) is 32.1 Å². The van der Waals surface area contributed by atoms with Crippen molar-refractivity contribution in [1.82, 2.24) is 10.2 Å². The molecule has 1 heterocycles. The number of aliphatic carboxylic acids is 1. The van der Waals surface area contributed by atoms with Gasteiger partial charge in [-0.2, -0.15) is 0 Å². The maximum atomic E-state index is 12.2. The highest BCUT2D eigenvalue weighted by Crippen LogP contribution is 2.35. The Morgan fingerprint density at radius 1 is 1.32 bits per heavy atom. The van der Waals surface area contributed by atoms with E-state index in [9.17, 15) is 9.59 Å². The van der Waals surface area contributed by atoms with Gasteiger partial charge in [-0.25, -0.2) is 4.79 Å². The van der Waals surface area contributed by atoms with Gasteiger partial charge >= 0.3 is 12.0 Å². The standard InChI is InChI=1S/C13H22N2O4/c16-9-10-3-1-6-15(8-10)12(19)14-13(4-2-5-13)7-11(17)18/h10,16H,1-9H2,(H,14,19)(H,17,18). The van der Waals surface area contributed by atoms with E-state index < -0.39 is 11.5 Å². The number of hydrogen-bond donors (Lipinski definition) is 3. The van der Waals surface area contributed by atoms with Crippen molar-refractivity contribution in [3.05, 3.63) is 0 Å². The highest BCUT2D eigenvalue weighted by atomic mass is 16.4. The first kappa shape index (κ1) is 14.1. The van der Waals surface area contributed by atoms with E-state index in [2.05, 4.69) is 5.32 Å². The van der Waals surface area contributed by atoms with Crippen LogP contribution >= 0.6 is 0 Å². The predicted molar refractivity (Wildman–Crippen MR) is 68.7 cm³/mol. The molecule has 0 aromatic rings. The third kappa shape index (κ3) is 3.37. The van der Waals surface area contributed by atoms with Crippen molar-refractivity contribution in [2.45, 2.75) is 44.1 Å². The molecule has 1 unspecified atom stereocenters. The van der Waals surface area contributed by atoms with Gasteiger partial charge in [0.1, 0.15) is 0 Å². The van der Waals surface area contributed by atoms with Crippen molar-refractivity contribution in [2.75, 3.05) is 19.7 Å². The number of aliphatic hydroxyl groups is 1. The lowest BCUT2D eigenvalue weighted by Crippen LogP contribution is -2.59. The Kier molecular flexibility index (Phi) is 4.29. The maximum absolute atomic E-state index is 12.2. The van der Waals surface area contributed by atoms with Gasteiger partial charge in [0.25, 0.3) is 0 Å². The van der Waals surface area contributed by atoms with Gasteiger partial charge in [0.05, 0.1) is 12.0 Å². The summed E-state index contributed by atoms with van der Waals surface area (Å²) in [5.74, 6) is -0.719. The van der Waals surface area contributed by atoms with Crippen LogP contribution in [0.1, 0.15) is 38.5 Å². The number of amides is 2. The Labute approximate surface area is 112 Å². The average molecular weight is 270 g/mol. The Morgan fingerprint density at radius 3 is 2.58 bits per heavy atom. The van der Waals surface area contributed by atoms with Gasteiger partial charge in [0.2, 0.25) is 0 Å². The lowest BCUT2D eigenvalue weighted by Gasteiger charge is -2.43. The molecule has 0 bridgehead atoms. The molecule has 1 aliphatic carbocycles. The Balaban J connectivity index is 1.90. The number of urea groups is 1. The number of nitrogens with zero attached hydrogens (tertiary/aromatic N) is 1. The molecule has 0 aromatic heterocycles. The lowest BCUT2D eigenvalue weighted by atomic mass is 9.74. The van der Waals surface area contributed by atoms with Crippen LogP contribution in [0.25, 0.3) is 0 Å². The summed E-state index contributed by atoms with van der Waals surface area (Å²) in [7, 11) is 0. The molecule has 2 amide bonds. The Morgan fingerprint density at radius 2 is 2.05 bits per heavy atom. The first-order chi connectivity index (χ1) is 9.04. The summed E-state index contributed by atoms with van der Waals surface area (Å²) >= 11 is 0. The highest BCUT2D eigenvalue weighted by molar-refractivity contribution is 5.77. The number of rotatable bonds is 4. The van der Waals surface area contributed by atoms with Crippen molar-refractivity contribution in [3.63, 3.8) is 0 Å². The number of hydrogen-bond acceptors (Lipinski definition) is 3. The zero-order valence-corrected chi connectivity index (χ0v) is 11.1. The molecule has 1 saturated carbocycles. The molecule has 108 valence electrons. The second kappa shape index (κ2) is 5.77. The molecule has 1 saturated heterocycles. The zero-order chi connectivity index (χ0) is 13.9. The van der Waals surface area contributed by atoms with Crippen LogP contribution in [0.2, 0.25) is 0 Å². The van der Waals surface area contributed by atoms with Crippen LogP contribution in [0.4, 0.5) is 4.79 Å². The molecule has 0 radical (unpaired) electrons.